The fourth-order valence-corrected chi connectivity index (χ4v) is 2.49. The molecule has 1 aromatic rings. The predicted molar refractivity (Wildman–Crippen MR) is 67.1 cm³/mol. The van der Waals surface area contributed by atoms with Crippen molar-refractivity contribution in [3.63, 3.8) is 0 Å². The molecule has 0 bridgehead atoms. The van der Waals surface area contributed by atoms with Crippen LogP contribution in [0.5, 0.6) is 5.75 Å². The van der Waals surface area contributed by atoms with Crippen LogP contribution in [0.25, 0.3) is 0 Å². The van der Waals surface area contributed by atoms with Gasteiger partial charge in [0.15, 0.2) is 0 Å². The first kappa shape index (κ1) is 12.2. The van der Waals surface area contributed by atoms with Gasteiger partial charge in [0, 0.05) is 0 Å². The number of rotatable bonds is 4. The Morgan fingerprint density at radius 2 is 2.24 bits per heavy atom. The van der Waals surface area contributed by atoms with Crippen LogP contribution in [0.2, 0.25) is 5.02 Å². The first-order valence-electron chi connectivity index (χ1n) is 5.59. The zero-order valence-corrected chi connectivity index (χ0v) is 10.7. The van der Waals surface area contributed by atoms with E-state index >= 15 is 0 Å². The van der Waals surface area contributed by atoms with Gasteiger partial charge in [-0.25, -0.2) is 0 Å². The molecule has 1 aromatic carbocycles. The molecule has 0 saturated heterocycles. The van der Waals surface area contributed by atoms with Crippen molar-refractivity contribution in [1.29, 1.82) is 5.26 Å². The van der Waals surface area contributed by atoms with E-state index in [1.54, 1.807) is 7.11 Å². The molecule has 1 aliphatic carbocycles. The van der Waals surface area contributed by atoms with Gasteiger partial charge in [-0.3, -0.25) is 0 Å². The monoisotopic (exact) mass is 250 g/mol. The van der Waals surface area contributed by atoms with Crippen molar-refractivity contribution in [2.45, 2.75) is 18.9 Å². The molecular formula is C13H15ClN2O. The molecule has 1 N–H and O–H groups in total. The lowest BCUT2D eigenvalue weighted by Crippen LogP contribution is -2.25. The van der Waals surface area contributed by atoms with Crippen LogP contribution in [0.1, 0.15) is 24.4 Å². The normalized spacial score (nSPS) is 18.2. The number of hydrogen-bond donors (Lipinski definition) is 1. The second-order valence-electron chi connectivity index (χ2n) is 4.38. The quantitative estimate of drug-likeness (QED) is 0.894. The van der Waals surface area contributed by atoms with E-state index in [1.807, 2.05) is 25.2 Å². The van der Waals surface area contributed by atoms with Crippen LogP contribution in [0, 0.1) is 16.7 Å². The number of methoxy groups -OCH3 is 1. The molecule has 0 aromatic heterocycles. The number of halogens is 1. The third-order valence-corrected chi connectivity index (χ3v) is 3.66. The molecule has 3 nitrogen and oxygen atoms in total. The van der Waals surface area contributed by atoms with Crippen LogP contribution >= 0.6 is 11.6 Å². The summed E-state index contributed by atoms with van der Waals surface area (Å²) in [6, 6.07) is 8.13. The van der Waals surface area contributed by atoms with Crippen LogP contribution in [0.15, 0.2) is 18.2 Å². The summed E-state index contributed by atoms with van der Waals surface area (Å²) >= 11 is 6.11. The van der Waals surface area contributed by atoms with Gasteiger partial charge in [-0.2, -0.15) is 5.26 Å². The molecular weight excluding hydrogens is 236 g/mol. The summed E-state index contributed by atoms with van der Waals surface area (Å²) in [5.74, 6) is 0.659. The fourth-order valence-electron chi connectivity index (χ4n) is 2.22. The highest BCUT2D eigenvalue weighted by molar-refractivity contribution is 6.32. The predicted octanol–water partition coefficient (Wildman–Crippen LogP) is 2.91. The highest BCUT2D eigenvalue weighted by Gasteiger charge is 2.50. The number of hydrogen-bond acceptors (Lipinski definition) is 3. The molecule has 0 heterocycles. The maximum Gasteiger partial charge on any atom is 0.137 e. The van der Waals surface area contributed by atoms with Gasteiger partial charge in [0.2, 0.25) is 0 Å². The Balaban J connectivity index is 2.33. The van der Waals surface area contributed by atoms with Crippen LogP contribution in [-0.2, 0) is 0 Å². The van der Waals surface area contributed by atoms with Crippen molar-refractivity contribution in [1.82, 2.24) is 5.32 Å². The number of nitriles is 1. The van der Waals surface area contributed by atoms with E-state index in [-0.39, 0.29) is 11.5 Å². The molecule has 4 heteroatoms. The summed E-state index contributed by atoms with van der Waals surface area (Å²) in [5, 5.41) is 13.0. The van der Waals surface area contributed by atoms with Gasteiger partial charge >= 0.3 is 0 Å². The van der Waals surface area contributed by atoms with Crippen LogP contribution in [0.4, 0.5) is 0 Å². The summed E-state index contributed by atoms with van der Waals surface area (Å²) in [4.78, 5) is 0. The van der Waals surface area contributed by atoms with E-state index in [4.69, 9.17) is 16.3 Å². The molecule has 90 valence electrons. The van der Waals surface area contributed by atoms with Gasteiger partial charge < -0.3 is 10.1 Å². The largest absolute Gasteiger partial charge is 0.495 e. The fraction of sp³-hybridized carbons (Fsp3) is 0.462. The SMILES string of the molecule is CNC(c1ccc(OC)c(Cl)c1)C1(C#N)CC1. The molecule has 2 rings (SSSR count). The first-order chi connectivity index (χ1) is 8.16. The highest BCUT2D eigenvalue weighted by Crippen LogP contribution is 2.54. The standard InChI is InChI=1S/C13H15ClN2O/c1-16-12(13(8-15)5-6-13)9-3-4-11(17-2)10(14)7-9/h3-4,7,12,16H,5-6H2,1-2H3. The Morgan fingerprint density at radius 3 is 2.65 bits per heavy atom. The molecule has 1 atom stereocenters. The summed E-state index contributed by atoms with van der Waals surface area (Å²) < 4.78 is 5.12. The van der Waals surface area contributed by atoms with Crippen molar-refractivity contribution in [3.05, 3.63) is 28.8 Å². The molecule has 1 fully saturated rings. The highest BCUT2D eigenvalue weighted by atomic mass is 35.5. The van der Waals surface area contributed by atoms with Crippen LogP contribution in [0.3, 0.4) is 0 Å². The maximum atomic E-state index is 9.24. The van der Waals surface area contributed by atoms with E-state index in [2.05, 4.69) is 11.4 Å². The lowest BCUT2D eigenvalue weighted by molar-refractivity contribution is 0.412. The zero-order chi connectivity index (χ0) is 12.5. The average molecular weight is 251 g/mol. The first-order valence-corrected chi connectivity index (χ1v) is 5.96. The summed E-state index contributed by atoms with van der Waals surface area (Å²) in [5.41, 5.74) is 0.782. The van der Waals surface area contributed by atoms with Gasteiger partial charge in [-0.15, -0.1) is 0 Å². The molecule has 1 aliphatic rings. The van der Waals surface area contributed by atoms with Gasteiger partial charge in [-0.1, -0.05) is 17.7 Å². The minimum absolute atomic E-state index is 0.0379. The lowest BCUT2D eigenvalue weighted by atomic mass is 9.91. The van der Waals surface area contributed by atoms with Gasteiger partial charge in [0.05, 0.1) is 29.7 Å². The van der Waals surface area contributed by atoms with Crippen molar-refractivity contribution < 1.29 is 4.74 Å². The molecule has 1 unspecified atom stereocenters. The van der Waals surface area contributed by atoms with Crippen molar-refractivity contribution in [2.75, 3.05) is 14.2 Å². The summed E-state index contributed by atoms with van der Waals surface area (Å²) in [6.45, 7) is 0. The van der Waals surface area contributed by atoms with Crippen molar-refractivity contribution in [3.8, 4) is 11.8 Å². The molecule has 0 spiro atoms. The molecule has 0 aliphatic heterocycles. The average Bonchev–Trinajstić information content (AvgIpc) is 3.11. The summed E-state index contributed by atoms with van der Waals surface area (Å²) in [6.07, 6.45) is 1.89. The van der Waals surface area contributed by atoms with E-state index in [0.29, 0.717) is 10.8 Å². The zero-order valence-electron chi connectivity index (χ0n) is 9.96. The lowest BCUT2D eigenvalue weighted by Gasteiger charge is -2.22. The molecule has 0 radical (unpaired) electrons. The van der Waals surface area contributed by atoms with Crippen molar-refractivity contribution >= 4 is 11.6 Å². The molecule has 0 amide bonds. The van der Waals surface area contributed by atoms with E-state index in [9.17, 15) is 5.26 Å². The second kappa shape index (κ2) is 4.56. The Labute approximate surface area is 106 Å². The topological polar surface area (TPSA) is 45.0 Å². The smallest absolute Gasteiger partial charge is 0.137 e. The van der Waals surface area contributed by atoms with Gasteiger partial charge in [0.1, 0.15) is 5.75 Å². The van der Waals surface area contributed by atoms with E-state index in [0.717, 1.165) is 18.4 Å². The Kier molecular flexibility index (Phi) is 3.28. The third-order valence-electron chi connectivity index (χ3n) is 3.36. The minimum atomic E-state index is -0.257. The molecule has 17 heavy (non-hydrogen) atoms. The number of ether oxygens (including phenoxy) is 1. The van der Waals surface area contributed by atoms with Gasteiger partial charge in [0.25, 0.3) is 0 Å². The maximum absolute atomic E-state index is 9.24. The third kappa shape index (κ3) is 2.11. The Bertz CT molecular complexity index is 463. The van der Waals surface area contributed by atoms with E-state index < -0.39 is 0 Å². The van der Waals surface area contributed by atoms with Crippen molar-refractivity contribution in [2.24, 2.45) is 5.41 Å². The molecule has 1 saturated carbocycles. The number of benzene rings is 1. The Morgan fingerprint density at radius 1 is 1.53 bits per heavy atom. The van der Waals surface area contributed by atoms with Crippen LogP contribution < -0.4 is 10.1 Å². The summed E-state index contributed by atoms with van der Waals surface area (Å²) in [7, 11) is 3.47. The van der Waals surface area contributed by atoms with Crippen LogP contribution in [-0.4, -0.2) is 14.2 Å². The van der Waals surface area contributed by atoms with Gasteiger partial charge in [-0.05, 0) is 37.6 Å². The Hall–Kier alpha value is -1.24. The number of nitrogens with one attached hydrogen (secondary N) is 1. The number of nitrogens with zero attached hydrogens (tertiary/aromatic N) is 1. The minimum Gasteiger partial charge on any atom is -0.495 e. The van der Waals surface area contributed by atoms with E-state index in [1.165, 1.54) is 0 Å². The second-order valence-corrected chi connectivity index (χ2v) is 4.79.